The van der Waals surface area contributed by atoms with Crippen molar-refractivity contribution >= 4 is 22.6 Å². The highest BCUT2D eigenvalue weighted by atomic mass is 16.1. The first-order valence-corrected chi connectivity index (χ1v) is 11.5. The van der Waals surface area contributed by atoms with Gasteiger partial charge in [0.05, 0.1) is 28.9 Å². The van der Waals surface area contributed by atoms with Gasteiger partial charge in [0.25, 0.3) is 5.91 Å². The summed E-state index contributed by atoms with van der Waals surface area (Å²) in [4.78, 5) is 18.3. The fraction of sp³-hybridized carbons (Fsp3) is 0.296. The summed E-state index contributed by atoms with van der Waals surface area (Å²) in [6.45, 7) is 9.19. The number of aryl methyl sites for hydroxylation is 1. The van der Waals surface area contributed by atoms with E-state index in [4.69, 9.17) is 0 Å². The van der Waals surface area contributed by atoms with Gasteiger partial charge >= 0.3 is 0 Å². The first kappa shape index (κ1) is 22.5. The molecule has 0 saturated heterocycles. The smallest absolute Gasteiger partial charge is 0.255 e. The molecule has 0 aliphatic carbocycles. The average molecular weight is 442 g/mol. The molecule has 0 unspecified atom stereocenters. The molecule has 0 aliphatic heterocycles. The third-order valence-corrected chi connectivity index (χ3v) is 6.12. The van der Waals surface area contributed by atoms with Crippen LogP contribution in [0.15, 0.2) is 73.1 Å². The van der Waals surface area contributed by atoms with E-state index in [9.17, 15) is 4.79 Å². The first-order chi connectivity index (χ1) is 16.0. The highest BCUT2D eigenvalue weighted by Gasteiger charge is 2.23. The van der Waals surface area contributed by atoms with E-state index in [1.165, 1.54) is 0 Å². The van der Waals surface area contributed by atoms with Crippen LogP contribution in [0.3, 0.4) is 0 Å². The Balaban J connectivity index is 1.76. The van der Waals surface area contributed by atoms with Crippen molar-refractivity contribution < 1.29 is 4.79 Å². The molecule has 1 atom stereocenters. The molecule has 6 heteroatoms. The molecule has 2 aromatic heterocycles. The van der Waals surface area contributed by atoms with Crippen molar-refractivity contribution in [3.8, 4) is 0 Å². The van der Waals surface area contributed by atoms with E-state index < -0.39 is 0 Å². The SMILES string of the molecule is CCn1ncc2c(N[C@@H](C)C(C)C)c(C(=O)NC(c3ccccc3)c3ccccc3)cnc21. The number of rotatable bonds is 8. The van der Waals surface area contributed by atoms with Crippen LogP contribution in [-0.2, 0) is 6.54 Å². The van der Waals surface area contributed by atoms with Gasteiger partial charge in [-0.1, -0.05) is 74.5 Å². The van der Waals surface area contributed by atoms with Crippen molar-refractivity contribution in [1.29, 1.82) is 0 Å². The molecule has 0 aliphatic rings. The van der Waals surface area contributed by atoms with Crippen molar-refractivity contribution in [2.24, 2.45) is 5.92 Å². The average Bonchev–Trinajstić information content (AvgIpc) is 3.27. The molecule has 33 heavy (non-hydrogen) atoms. The lowest BCUT2D eigenvalue weighted by molar-refractivity contribution is 0.0943. The molecule has 0 radical (unpaired) electrons. The minimum absolute atomic E-state index is 0.172. The summed E-state index contributed by atoms with van der Waals surface area (Å²) < 4.78 is 1.85. The number of amides is 1. The zero-order chi connectivity index (χ0) is 23.4. The van der Waals surface area contributed by atoms with Gasteiger partial charge in [0.2, 0.25) is 0 Å². The van der Waals surface area contributed by atoms with E-state index in [1.807, 2.05) is 72.3 Å². The summed E-state index contributed by atoms with van der Waals surface area (Å²) in [5.41, 5.74) is 4.11. The van der Waals surface area contributed by atoms with E-state index in [0.29, 0.717) is 18.0 Å². The molecule has 2 aromatic carbocycles. The van der Waals surface area contributed by atoms with E-state index in [1.54, 1.807) is 12.4 Å². The molecule has 0 saturated carbocycles. The molecule has 0 bridgehead atoms. The van der Waals surface area contributed by atoms with Crippen LogP contribution >= 0.6 is 0 Å². The van der Waals surface area contributed by atoms with Crippen LogP contribution in [0.2, 0.25) is 0 Å². The first-order valence-electron chi connectivity index (χ1n) is 11.5. The molecule has 4 aromatic rings. The van der Waals surface area contributed by atoms with Gasteiger partial charge in [-0.3, -0.25) is 4.79 Å². The monoisotopic (exact) mass is 441 g/mol. The van der Waals surface area contributed by atoms with Gasteiger partial charge in [-0.25, -0.2) is 9.67 Å². The molecular weight excluding hydrogens is 410 g/mol. The Hall–Kier alpha value is -3.67. The van der Waals surface area contributed by atoms with Gasteiger partial charge in [0, 0.05) is 18.8 Å². The van der Waals surface area contributed by atoms with E-state index in [0.717, 1.165) is 27.8 Å². The summed E-state index contributed by atoms with van der Waals surface area (Å²) in [5.74, 6) is 0.219. The van der Waals surface area contributed by atoms with Crippen molar-refractivity contribution in [3.63, 3.8) is 0 Å². The highest BCUT2D eigenvalue weighted by molar-refractivity contribution is 6.06. The summed E-state index contributed by atoms with van der Waals surface area (Å²) in [7, 11) is 0. The molecule has 2 heterocycles. The van der Waals surface area contributed by atoms with E-state index in [2.05, 4.69) is 41.5 Å². The van der Waals surface area contributed by atoms with Gasteiger partial charge in [-0.05, 0) is 30.9 Å². The Kier molecular flexibility index (Phi) is 6.73. The van der Waals surface area contributed by atoms with Crippen LogP contribution in [-0.4, -0.2) is 26.7 Å². The zero-order valence-electron chi connectivity index (χ0n) is 19.6. The number of hydrogen-bond donors (Lipinski definition) is 2. The number of aromatic nitrogens is 3. The van der Waals surface area contributed by atoms with Crippen LogP contribution in [0.1, 0.15) is 55.2 Å². The van der Waals surface area contributed by atoms with Crippen LogP contribution in [0, 0.1) is 5.92 Å². The predicted octanol–water partition coefficient (Wildman–Crippen LogP) is 5.43. The molecule has 1 amide bonds. The molecule has 6 nitrogen and oxygen atoms in total. The van der Waals surface area contributed by atoms with Crippen LogP contribution in [0.25, 0.3) is 11.0 Å². The third kappa shape index (κ3) is 4.75. The summed E-state index contributed by atoms with van der Waals surface area (Å²) >= 11 is 0. The van der Waals surface area contributed by atoms with Gasteiger partial charge in [0.15, 0.2) is 5.65 Å². The molecule has 4 rings (SSSR count). The second-order valence-electron chi connectivity index (χ2n) is 8.65. The lowest BCUT2D eigenvalue weighted by atomic mass is 9.98. The predicted molar refractivity (Wildman–Crippen MR) is 133 cm³/mol. The topological polar surface area (TPSA) is 71.8 Å². The molecular formula is C27H31N5O. The van der Waals surface area contributed by atoms with Gasteiger partial charge in [-0.2, -0.15) is 5.10 Å². The summed E-state index contributed by atoms with van der Waals surface area (Å²) in [6, 6.07) is 19.9. The number of fused-ring (bicyclic) bond motifs is 1. The highest BCUT2D eigenvalue weighted by Crippen LogP contribution is 2.29. The Morgan fingerprint density at radius 2 is 1.55 bits per heavy atom. The molecule has 0 fully saturated rings. The second-order valence-corrected chi connectivity index (χ2v) is 8.65. The Labute approximate surface area is 195 Å². The number of carbonyl (C=O) groups excluding carboxylic acids is 1. The maximum atomic E-state index is 13.7. The standard InChI is InChI=1S/C27H31N5O/c1-5-32-26-22(17-29-32)25(30-19(4)18(2)3)23(16-28-26)27(33)31-24(20-12-8-6-9-13-20)21-14-10-7-11-15-21/h6-19,24H,5H2,1-4H3,(H,28,30)(H,31,33)/t19-/m0/s1. The maximum absolute atomic E-state index is 13.7. The van der Waals surface area contributed by atoms with Crippen LogP contribution in [0.4, 0.5) is 5.69 Å². The molecule has 0 spiro atoms. The van der Waals surface area contributed by atoms with Crippen molar-refractivity contribution in [3.05, 3.63) is 89.7 Å². The molecule has 2 N–H and O–H groups in total. The zero-order valence-corrected chi connectivity index (χ0v) is 19.6. The van der Waals surface area contributed by atoms with Gasteiger partial charge in [-0.15, -0.1) is 0 Å². The third-order valence-electron chi connectivity index (χ3n) is 6.12. The Morgan fingerprint density at radius 1 is 0.939 bits per heavy atom. The van der Waals surface area contributed by atoms with Gasteiger partial charge < -0.3 is 10.6 Å². The fourth-order valence-corrected chi connectivity index (χ4v) is 3.84. The number of nitrogens with one attached hydrogen (secondary N) is 2. The Bertz CT molecular complexity index is 1180. The number of benzene rings is 2. The lowest BCUT2D eigenvalue weighted by Crippen LogP contribution is -2.31. The second kappa shape index (κ2) is 9.86. The largest absolute Gasteiger partial charge is 0.381 e. The minimum Gasteiger partial charge on any atom is -0.381 e. The summed E-state index contributed by atoms with van der Waals surface area (Å²) in [6.07, 6.45) is 3.46. The summed E-state index contributed by atoms with van der Waals surface area (Å²) in [5, 5.41) is 12.1. The van der Waals surface area contributed by atoms with Crippen LogP contribution in [0.5, 0.6) is 0 Å². The normalized spacial score (nSPS) is 12.3. The number of hydrogen-bond acceptors (Lipinski definition) is 4. The number of nitrogens with zero attached hydrogens (tertiary/aromatic N) is 3. The minimum atomic E-state index is -0.274. The Morgan fingerprint density at radius 3 is 2.09 bits per heavy atom. The number of carbonyl (C=O) groups is 1. The van der Waals surface area contributed by atoms with E-state index in [-0.39, 0.29) is 18.0 Å². The maximum Gasteiger partial charge on any atom is 0.255 e. The van der Waals surface area contributed by atoms with Crippen molar-refractivity contribution in [2.45, 2.75) is 46.3 Å². The van der Waals surface area contributed by atoms with Crippen LogP contribution < -0.4 is 10.6 Å². The molecule has 170 valence electrons. The number of pyridine rings is 1. The number of anilines is 1. The van der Waals surface area contributed by atoms with E-state index >= 15 is 0 Å². The van der Waals surface area contributed by atoms with Crippen molar-refractivity contribution in [2.75, 3.05) is 5.32 Å². The van der Waals surface area contributed by atoms with Gasteiger partial charge in [0.1, 0.15) is 0 Å². The lowest BCUT2D eigenvalue weighted by Gasteiger charge is -2.23. The van der Waals surface area contributed by atoms with Crippen molar-refractivity contribution in [1.82, 2.24) is 20.1 Å². The quantitative estimate of drug-likeness (QED) is 0.383. The fourth-order valence-electron chi connectivity index (χ4n) is 3.84.